The lowest BCUT2D eigenvalue weighted by Gasteiger charge is -2.27. The first kappa shape index (κ1) is 16.2. The van der Waals surface area contributed by atoms with E-state index >= 15 is 0 Å². The topological polar surface area (TPSA) is 92.4 Å². The second-order valence-electron chi connectivity index (χ2n) is 5.93. The monoisotopic (exact) mass is 278 g/mol. The number of aliphatic carboxylic acids is 1. The molecule has 1 aromatic rings. The first-order chi connectivity index (χ1) is 9.21. The van der Waals surface area contributed by atoms with Gasteiger partial charge >= 0.3 is 5.97 Å². The van der Waals surface area contributed by atoms with Crippen LogP contribution in [0, 0.1) is 5.41 Å². The summed E-state index contributed by atoms with van der Waals surface area (Å²) < 4.78 is 0. The van der Waals surface area contributed by atoms with Crippen molar-refractivity contribution < 1.29 is 14.7 Å². The van der Waals surface area contributed by atoms with Crippen molar-refractivity contribution in [2.75, 3.05) is 0 Å². The molecule has 0 radical (unpaired) electrons. The van der Waals surface area contributed by atoms with Crippen molar-refractivity contribution in [1.29, 1.82) is 0 Å². The number of amides is 1. The van der Waals surface area contributed by atoms with Gasteiger partial charge in [0, 0.05) is 6.42 Å². The molecule has 2 unspecified atom stereocenters. The Kier molecular flexibility index (Phi) is 5.27. The van der Waals surface area contributed by atoms with Crippen LogP contribution in [0.5, 0.6) is 0 Å². The Morgan fingerprint density at radius 3 is 2.25 bits per heavy atom. The molecule has 0 aliphatic carbocycles. The van der Waals surface area contributed by atoms with Crippen molar-refractivity contribution in [3.05, 3.63) is 35.9 Å². The van der Waals surface area contributed by atoms with Crippen LogP contribution < -0.4 is 11.1 Å². The lowest BCUT2D eigenvalue weighted by molar-refractivity contribution is -0.142. The van der Waals surface area contributed by atoms with Crippen LogP contribution in [0.4, 0.5) is 0 Å². The second kappa shape index (κ2) is 6.52. The van der Waals surface area contributed by atoms with Crippen LogP contribution in [0.1, 0.15) is 26.3 Å². The van der Waals surface area contributed by atoms with Gasteiger partial charge in [-0.25, -0.2) is 4.79 Å². The molecule has 4 N–H and O–H groups in total. The molecule has 0 bridgehead atoms. The Morgan fingerprint density at radius 1 is 1.25 bits per heavy atom. The van der Waals surface area contributed by atoms with Crippen LogP contribution in [0.25, 0.3) is 0 Å². The third kappa shape index (κ3) is 4.66. The molecule has 0 saturated carbocycles. The van der Waals surface area contributed by atoms with Crippen LogP contribution in [0.2, 0.25) is 0 Å². The van der Waals surface area contributed by atoms with E-state index in [9.17, 15) is 14.7 Å². The van der Waals surface area contributed by atoms with E-state index in [1.54, 1.807) is 0 Å². The number of benzene rings is 1. The maximum Gasteiger partial charge on any atom is 0.326 e. The maximum atomic E-state index is 12.0. The molecule has 20 heavy (non-hydrogen) atoms. The van der Waals surface area contributed by atoms with E-state index in [0.717, 1.165) is 5.56 Å². The van der Waals surface area contributed by atoms with Crippen molar-refractivity contribution in [2.45, 2.75) is 39.3 Å². The molecule has 0 aliphatic heterocycles. The van der Waals surface area contributed by atoms with Gasteiger partial charge in [-0.15, -0.1) is 0 Å². The van der Waals surface area contributed by atoms with E-state index in [1.807, 2.05) is 51.1 Å². The summed E-state index contributed by atoms with van der Waals surface area (Å²) in [7, 11) is 0. The van der Waals surface area contributed by atoms with Gasteiger partial charge in [-0.05, 0) is 11.0 Å². The summed E-state index contributed by atoms with van der Waals surface area (Å²) >= 11 is 0. The summed E-state index contributed by atoms with van der Waals surface area (Å²) in [4.78, 5) is 23.3. The van der Waals surface area contributed by atoms with Gasteiger partial charge < -0.3 is 16.2 Å². The van der Waals surface area contributed by atoms with Crippen molar-refractivity contribution in [3.63, 3.8) is 0 Å². The van der Waals surface area contributed by atoms with E-state index in [4.69, 9.17) is 5.73 Å². The SMILES string of the molecule is CC(C)(C)C(N)C(=O)NC(Cc1ccccc1)C(=O)O. The first-order valence-electron chi connectivity index (χ1n) is 6.54. The molecule has 0 saturated heterocycles. The van der Waals surface area contributed by atoms with Crippen LogP contribution in [0.15, 0.2) is 30.3 Å². The summed E-state index contributed by atoms with van der Waals surface area (Å²) in [6.45, 7) is 5.51. The van der Waals surface area contributed by atoms with Crippen LogP contribution in [0.3, 0.4) is 0 Å². The van der Waals surface area contributed by atoms with Gasteiger partial charge in [0.25, 0.3) is 0 Å². The minimum absolute atomic E-state index is 0.235. The smallest absolute Gasteiger partial charge is 0.326 e. The largest absolute Gasteiger partial charge is 0.480 e. The fourth-order valence-corrected chi connectivity index (χ4v) is 1.70. The number of nitrogens with two attached hydrogens (primary N) is 1. The molecule has 2 atom stereocenters. The number of hydrogen-bond acceptors (Lipinski definition) is 3. The van der Waals surface area contributed by atoms with Gasteiger partial charge in [-0.3, -0.25) is 4.79 Å². The van der Waals surface area contributed by atoms with Crippen molar-refractivity contribution >= 4 is 11.9 Å². The van der Waals surface area contributed by atoms with E-state index in [1.165, 1.54) is 0 Å². The number of carboxylic acid groups (broad SMARTS) is 1. The molecule has 0 aliphatic rings. The van der Waals surface area contributed by atoms with Crippen LogP contribution >= 0.6 is 0 Å². The molecule has 1 amide bonds. The highest BCUT2D eigenvalue weighted by atomic mass is 16.4. The Balaban J connectivity index is 2.74. The molecule has 0 fully saturated rings. The number of carboxylic acids is 1. The van der Waals surface area contributed by atoms with E-state index < -0.39 is 29.4 Å². The molecular weight excluding hydrogens is 256 g/mol. The number of rotatable bonds is 5. The summed E-state index contributed by atoms with van der Waals surface area (Å²) in [6.07, 6.45) is 0.235. The Bertz CT molecular complexity index is 466. The third-order valence-corrected chi connectivity index (χ3v) is 3.11. The van der Waals surface area contributed by atoms with E-state index in [-0.39, 0.29) is 6.42 Å². The fraction of sp³-hybridized carbons (Fsp3) is 0.467. The maximum absolute atomic E-state index is 12.0. The molecule has 0 aromatic heterocycles. The average molecular weight is 278 g/mol. The number of carbonyl (C=O) groups is 2. The molecule has 1 aromatic carbocycles. The van der Waals surface area contributed by atoms with Crippen LogP contribution in [-0.2, 0) is 16.0 Å². The zero-order valence-corrected chi connectivity index (χ0v) is 12.1. The standard InChI is InChI=1S/C15H22N2O3/c1-15(2,3)12(16)13(18)17-11(14(19)20)9-10-7-5-4-6-8-10/h4-8,11-12H,9,16H2,1-3H3,(H,17,18)(H,19,20). The highest BCUT2D eigenvalue weighted by Crippen LogP contribution is 2.17. The highest BCUT2D eigenvalue weighted by Gasteiger charge is 2.30. The Labute approximate surface area is 119 Å². The van der Waals surface area contributed by atoms with Gasteiger partial charge in [-0.1, -0.05) is 51.1 Å². The number of carbonyl (C=O) groups excluding carboxylic acids is 1. The van der Waals surface area contributed by atoms with Crippen molar-refractivity contribution in [3.8, 4) is 0 Å². The Morgan fingerprint density at radius 2 is 1.80 bits per heavy atom. The van der Waals surface area contributed by atoms with Gasteiger partial charge in [0.1, 0.15) is 6.04 Å². The van der Waals surface area contributed by atoms with Crippen molar-refractivity contribution in [2.24, 2.45) is 11.1 Å². The lowest BCUT2D eigenvalue weighted by Crippen LogP contribution is -2.53. The fourth-order valence-electron chi connectivity index (χ4n) is 1.70. The average Bonchev–Trinajstić information content (AvgIpc) is 2.37. The first-order valence-corrected chi connectivity index (χ1v) is 6.54. The molecule has 110 valence electrons. The zero-order chi connectivity index (χ0) is 15.3. The minimum Gasteiger partial charge on any atom is -0.480 e. The summed E-state index contributed by atoms with van der Waals surface area (Å²) in [6, 6.07) is 7.44. The predicted molar refractivity (Wildman–Crippen MR) is 77.1 cm³/mol. The number of nitrogens with one attached hydrogen (secondary N) is 1. The number of hydrogen-bond donors (Lipinski definition) is 3. The van der Waals surface area contributed by atoms with Gasteiger partial charge in [0.15, 0.2) is 0 Å². The molecular formula is C15H22N2O3. The van der Waals surface area contributed by atoms with E-state index in [0.29, 0.717) is 0 Å². The highest BCUT2D eigenvalue weighted by molar-refractivity contribution is 5.87. The normalized spacial score (nSPS) is 14.4. The molecule has 5 heteroatoms. The van der Waals surface area contributed by atoms with Crippen molar-refractivity contribution in [1.82, 2.24) is 5.32 Å². The summed E-state index contributed by atoms with van der Waals surface area (Å²) in [5.41, 5.74) is 6.27. The van der Waals surface area contributed by atoms with Gasteiger partial charge in [0.2, 0.25) is 5.91 Å². The molecule has 0 spiro atoms. The predicted octanol–water partition coefficient (Wildman–Crippen LogP) is 1.17. The zero-order valence-electron chi connectivity index (χ0n) is 12.1. The van der Waals surface area contributed by atoms with Gasteiger partial charge in [-0.2, -0.15) is 0 Å². The lowest BCUT2D eigenvalue weighted by atomic mass is 9.86. The Hall–Kier alpha value is -1.88. The second-order valence-corrected chi connectivity index (χ2v) is 5.93. The molecule has 0 heterocycles. The van der Waals surface area contributed by atoms with E-state index in [2.05, 4.69) is 5.32 Å². The van der Waals surface area contributed by atoms with Gasteiger partial charge in [0.05, 0.1) is 6.04 Å². The summed E-state index contributed by atoms with van der Waals surface area (Å²) in [5.74, 6) is -1.51. The third-order valence-electron chi connectivity index (χ3n) is 3.11. The molecule has 5 nitrogen and oxygen atoms in total. The summed E-state index contributed by atoms with van der Waals surface area (Å²) in [5, 5.41) is 11.7. The quantitative estimate of drug-likeness (QED) is 0.754. The minimum atomic E-state index is -1.07. The molecule has 1 rings (SSSR count). The van der Waals surface area contributed by atoms with Crippen LogP contribution in [-0.4, -0.2) is 29.1 Å².